The summed E-state index contributed by atoms with van der Waals surface area (Å²) in [5.74, 6) is 0.995. The van der Waals surface area contributed by atoms with Gasteiger partial charge in [-0.15, -0.1) is 12.4 Å². The SMILES string of the molecule is CCC(C)c1cc(Cl)ccc1O[C@@H]1CN[C@H](C(=O)OC)C1.Cl. The molecule has 0 aromatic heterocycles. The molecule has 1 aromatic carbocycles. The predicted octanol–water partition coefficient (Wildman–Crippen LogP) is 3.56. The van der Waals surface area contributed by atoms with Crippen LogP contribution in [0.15, 0.2) is 18.2 Å². The largest absolute Gasteiger partial charge is 0.489 e. The van der Waals surface area contributed by atoms with Gasteiger partial charge in [0.05, 0.1) is 7.11 Å². The molecular formula is C16H23Cl2NO3. The monoisotopic (exact) mass is 347 g/mol. The first-order valence-corrected chi connectivity index (χ1v) is 7.70. The van der Waals surface area contributed by atoms with Crippen LogP contribution in [0.2, 0.25) is 5.02 Å². The van der Waals surface area contributed by atoms with Crippen molar-refractivity contribution in [3.8, 4) is 5.75 Å². The maximum Gasteiger partial charge on any atom is 0.323 e. The third kappa shape index (κ3) is 4.51. The molecule has 6 heteroatoms. The number of rotatable bonds is 5. The Kier molecular flexibility index (Phi) is 7.46. The van der Waals surface area contributed by atoms with Crippen molar-refractivity contribution in [2.45, 2.75) is 44.8 Å². The zero-order valence-electron chi connectivity index (χ0n) is 13.1. The van der Waals surface area contributed by atoms with E-state index < -0.39 is 0 Å². The Morgan fingerprint density at radius 2 is 2.23 bits per heavy atom. The maximum atomic E-state index is 11.5. The van der Waals surface area contributed by atoms with Crippen LogP contribution in [0.4, 0.5) is 0 Å². The van der Waals surface area contributed by atoms with Crippen molar-refractivity contribution in [1.29, 1.82) is 0 Å². The van der Waals surface area contributed by atoms with Gasteiger partial charge in [0.1, 0.15) is 17.9 Å². The van der Waals surface area contributed by atoms with Gasteiger partial charge in [-0.25, -0.2) is 0 Å². The molecule has 0 saturated carbocycles. The van der Waals surface area contributed by atoms with Crippen LogP contribution in [-0.2, 0) is 9.53 Å². The minimum absolute atomic E-state index is 0. The number of methoxy groups -OCH3 is 1. The molecule has 0 bridgehead atoms. The standard InChI is InChI=1S/C16H22ClNO3.ClH/c1-4-10(2)13-7-11(17)5-6-15(13)21-12-8-14(18-9-12)16(19)20-3;/h5-7,10,12,14,18H,4,8-9H2,1-3H3;1H/t10?,12-,14-;/m0./s1. The van der Waals surface area contributed by atoms with Gasteiger partial charge < -0.3 is 14.8 Å². The average Bonchev–Trinajstić information content (AvgIpc) is 2.96. The summed E-state index contributed by atoms with van der Waals surface area (Å²) in [7, 11) is 1.40. The van der Waals surface area contributed by atoms with Crippen molar-refractivity contribution in [1.82, 2.24) is 5.32 Å². The second-order valence-electron chi connectivity index (χ2n) is 5.45. The summed E-state index contributed by atoms with van der Waals surface area (Å²) in [6.07, 6.45) is 1.61. The summed E-state index contributed by atoms with van der Waals surface area (Å²) in [5.41, 5.74) is 1.12. The van der Waals surface area contributed by atoms with Crippen molar-refractivity contribution < 1.29 is 14.3 Å². The Hall–Kier alpha value is -0.970. The molecule has 0 amide bonds. The van der Waals surface area contributed by atoms with Gasteiger partial charge in [0.2, 0.25) is 0 Å². The third-order valence-electron chi connectivity index (χ3n) is 3.98. The normalized spacial score (nSPS) is 21.8. The van der Waals surface area contributed by atoms with Crippen molar-refractivity contribution >= 4 is 30.0 Å². The summed E-state index contributed by atoms with van der Waals surface area (Å²) in [6.45, 7) is 4.94. The zero-order chi connectivity index (χ0) is 15.4. The van der Waals surface area contributed by atoms with E-state index in [0.717, 1.165) is 22.8 Å². The highest BCUT2D eigenvalue weighted by atomic mass is 35.5. The number of nitrogens with one attached hydrogen (secondary N) is 1. The highest BCUT2D eigenvalue weighted by molar-refractivity contribution is 6.30. The van der Waals surface area contributed by atoms with Gasteiger partial charge in [0.15, 0.2) is 0 Å². The molecule has 1 aliphatic heterocycles. The Morgan fingerprint density at radius 3 is 2.86 bits per heavy atom. The average molecular weight is 348 g/mol. The molecule has 2 rings (SSSR count). The molecule has 1 saturated heterocycles. The Bertz CT molecular complexity index is 510. The summed E-state index contributed by atoms with van der Waals surface area (Å²) < 4.78 is 10.8. The summed E-state index contributed by atoms with van der Waals surface area (Å²) in [6, 6.07) is 5.43. The van der Waals surface area contributed by atoms with Crippen LogP contribution in [0, 0.1) is 0 Å². The Morgan fingerprint density at radius 1 is 1.50 bits per heavy atom. The number of esters is 1. The molecule has 3 atom stereocenters. The van der Waals surface area contributed by atoms with Crippen molar-refractivity contribution in [3.05, 3.63) is 28.8 Å². The second-order valence-corrected chi connectivity index (χ2v) is 5.89. The van der Waals surface area contributed by atoms with Crippen molar-refractivity contribution in [2.75, 3.05) is 13.7 Å². The van der Waals surface area contributed by atoms with Crippen LogP contribution in [0.1, 0.15) is 38.2 Å². The molecular weight excluding hydrogens is 325 g/mol. The molecule has 0 aliphatic carbocycles. The molecule has 1 N–H and O–H groups in total. The molecule has 1 heterocycles. The number of carbonyl (C=O) groups is 1. The lowest BCUT2D eigenvalue weighted by molar-refractivity contribution is -0.142. The highest BCUT2D eigenvalue weighted by Crippen LogP contribution is 2.32. The van der Waals surface area contributed by atoms with E-state index >= 15 is 0 Å². The van der Waals surface area contributed by atoms with Crippen molar-refractivity contribution in [3.63, 3.8) is 0 Å². The molecule has 0 radical (unpaired) electrons. The lowest BCUT2D eigenvalue weighted by Crippen LogP contribution is -2.31. The molecule has 1 aromatic rings. The van der Waals surface area contributed by atoms with Gasteiger partial charge in [0.25, 0.3) is 0 Å². The molecule has 1 fully saturated rings. The number of hydrogen-bond donors (Lipinski definition) is 1. The van der Waals surface area contributed by atoms with Crippen LogP contribution < -0.4 is 10.1 Å². The summed E-state index contributed by atoms with van der Waals surface area (Å²) in [4.78, 5) is 11.5. The van der Waals surface area contributed by atoms with Gasteiger partial charge in [-0.2, -0.15) is 0 Å². The summed E-state index contributed by atoms with van der Waals surface area (Å²) in [5, 5.41) is 3.84. The molecule has 4 nitrogen and oxygen atoms in total. The lowest BCUT2D eigenvalue weighted by Gasteiger charge is -2.19. The van der Waals surface area contributed by atoms with Crippen LogP contribution in [0.25, 0.3) is 0 Å². The first-order chi connectivity index (χ1) is 10.0. The van der Waals surface area contributed by atoms with Gasteiger partial charge >= 0.3 is 5.97 Å². The molecule has 22 heavy (non-hydrogen) atoms. The van der Waals surface area contributed by atoms with E-state index in [1.165, 1.54) is 7.11 Å². The van der Waals surface area contributed by atoms with Crippen molar-refractivity contribution in [2.24, 2.45) is 0 Å². The molecule has 0 spiro atoms. The second kappa shape index (κ2) is 8.61. The topological polar surface area (TPSA) is 47.6 Å². The minimum atomic E-state index is -0.278. The van der Waals surface area contributed by atoms with E-state index in [-0.39, 0.29) is 30.5 Å². The van der Waals surface area contributed by atoms with E-state index in [1.54, 1.807) is 0 Å². The van der Waals surface area contributed by atoms with Gasteiger partial charge in [-0.1, -0.05) is 25.4 Å². The zero-order valence-corrected chi connectivity index (χ0v) is 14.7. The Balaban J connectivity index is 0.00000242. The van der Waals surface area contributed by atoms with Gasteiger partial charge in [-0.05, 0) is 36.1 Å². The number of ether oxygens (including phenoxy) is 2. The van der Waals surface area contributed by atoms with E-state index in [2.05, 4.69) is 19.2 Å². The van der Waals surface area contributed by atoms with E-state index in [0.29, 0.717) is 18.9 Å². The fraction of sp³-hybridized carbons (Fsp3) is 0.562. The number of halogens is 2. The van der Waals surface area contributed by atoms with Gasteiger partial charge in [0, 0.05) is 18.0 Å². The first-order valence-electron chi connectivity index (χ1n) is 7.32. The highest BCUT2D eigenvalue weighted by Gasteiger charge is 2.31. The quantitative estimate of drug-likeness (QED) is 0.827. The van der Waals surface area contributed by atoms with Gasteiger partial charge in [-0.3, -0.25) is 4.79 Å². The van der Waals surface area contributed by atoms with Crippen LogP contribution in [0.5, 0.6) is 5.75 Å². The minimum Gasteiger partial charge on any atom is -0.489 e. The molecule has 124 valence electrons. The lowest BCUT2D eigenvalue weighted by atomic mass is 9.97. The van der Waals surface area contributed by atoms with E-state index in [1.807, 2.05) is 18.2 Å². The van der Waals surface area contributed by atoms with Crippen LogP contribution in [0.3, 0.4) is 0 Å². The fourth-order valence-electron chi connectivity index (χ4n) is 2.53. The van der Waals surface area contributed by atoms with Crippen LogP contribution >= 0.6 is 24.0 Å². The smallest absolute Gasteiger partial charge is 0.323 e. The predicted molar refractivity (Wildman–Crippen MR) is 90.2 cm³/mol. The molecule has 1 unspecified atom stereocenters. The fourth-order valence-corrected chi connectivity index (χ4v) is 2.71. The number of benzene rings is 1. The third-order valence-corrected chi connectivity index (χ3v) is 4.22. The Labute approximate surface area is 142 Å². The molecule has 1 aliphatic rings. The number of carbonyl (C=O) groups excluding carboxylic acids is 1. The van der Waals surface area contributed by atoms with E-state index in [9.17, 15) is 4.79 Å². The summed E-state index contributed by atoms with van der Waals surface area (Å²) >= 11 is 6.09. The maximum absolute atomic E-state index is 11.5. The first kappa shape index (κ1) is 19.1. The van der Waals surface area contributed by atoms with E-state index in [4.69, 9.17) is 21.1 Å². The number of hydrogen-bond acceptors (Lipinski definition) is 4. The van der Waals surface area contributed by atoms with Crippen LogP contribution in [-0.4, -0.2) is 31.8 Å².